The van der Waals surface area contributed by atoms with E-state index in [1.54, 1.807) is 12.1 Å². The standard InChI is InChI=1S/C16H14N2O4S/c1-17-23(20,21)13-8-6-12(7-9-13)18-16(19)15-10-11-4-2-3-5-14(11)22-15/h2-10,17H,1H3,(H,18,19). The maximum atomic E-state index is 12.2. The Kier molecular flexibility index (Phi) is 3.89. The number of hydrogen-bond acceptors (Lipinski definition) is 4. The van der Waals surface area contributed by atoms with Gasteiger partial charge in [0.1, 0.15) is 5.58 Å². The van der Waals surface area contributed by atoms with Crippen LogP contribution >= 0.6 is 0 Å². The Bertz CT molecular complexity index is 926. The molecule has 0 radical (unpaired) electrons. The molecule has 23 heavy (non-hydrogen) atoms. The molecule has 0 fully saturated rings. The third-order valence-electron chi connectivity index (χ3n) is 3.34. The molecule has 6 nitrogen and oxygen atoms in total. The normalized spacial score (nSPS) is 11.5. The van der Waals surface area contributed by atoms with Crippen molar-refractivity contribution in [3.8, 4) is 0 Å². The van der Waals surface area contributed by atoms with Gasteiger partial charge in [0, 0.05) is 11.1 Å². The van der Waals surface area contributed by atoms with Crippen LogP contribution in [0.25, 0.3) is 11.0 Å². The molecule has 3 aromatic rings. The zero-order valence-electron chi connectivity index (χ0n) is 12.2. The van der Waals surface area contributed by atoms with Crippen LogP contribution in [0.15, 0.2) is 63.9 Å². The first-order valence-corrected chi connectivity index (χ1v) is 8.31. The first-order valence-electron chi connectivity index (χ1n) is 6.83. The molecule has 1 amide bonds. The molecule has 0 saturated carbocycles. The first kappa shape index (κ1) is 15.3. The number of furan rings is 1. The van der Waals surface area contributed by atoms with Gasteiger partial charge >= 0.3 is 0 Å². The fraction of sp³-hybridized carbons (Fsp3) is 0.0625. The van der Waals surface area contributed by atoms with E-state index in [1.165, 1.54) is 31.3 Å². The smallest absolute Gasteiger partial charge is 0.291 e. The largest absolute Gasteiger partial charge is 0.451 e. The average Bonchev–Trinajstić information content (AvgIpc) is 2.99. The van der Waals surface area contributed by atoms with E-state index in [0.29, 0.717) is 11.3 Å². The monoisotopic (exact) mass is 330 g/mol. The zero-order valence-corrected chi connectivity index (χ0v) is 13.1. The number of rotatable bonds is 4. The Labute approximate surface area is 133 Å². The highest BCUT2D eigenvalue weighted by Crippen LogP contribution is 2.20. The van der Waals surface area contributed by atoms with Gasteiger partial charge in [0.25, 0.3) is 5.91 Å². The van der Waals surface area contributed by atoms with E-state index in [9.17, 15) is 13.2 Å². The van der Waals surface area contributed by atoms with Crippen molar-refractivity contribution >= 4 is 32.6 Å². The second kappa shape index (κ2) is 5.86. The predicted octanol–water partition coefficient (Wildman–Crippen LogP) is 2.59. The van der Waals surface area contributed by atoms with E-state index in [1.807, 2.05) is 18.2 Å². The fourth-order valence-electron chi connectivity index (χ4n) is 2.12. The highest BCUT2D eigenvalue weighted by molar-refractivity contribution is 7.89. The molecule has 3 rings (SSSR count). The number of amides is 1. The third-order valence-corrected chi connectivity index (χ3v) is 4.77. The summed E-state index contributed by atoms with van der Waals surface area (Å²) in [5.41, 5.74) is 1.11. The number of sulfonamides is 1. The van der Waals surface area contributed by atoms with Crippen LogP contribution in [0.3, 0.4) is 0 Å². The van der Waals surface area contributed by atoms with Crippen molar-refractivity contribution < 1.29 is 17.6 Å². The van der Waals surface area contributed by atoms with Crippen LogP contribution in [0, 0.1) is 0 Å². The van der Waals surface area contributed by atoms with Crippen molar-refractivity contribution in [3.05, 3.63) is 60.4 Å². The summed E-state index contributed by atoms with van der Waals surface area (Å²) in [4.78, 5) is 12.3. The molecule has 0 aliphatic heterocycles. The number of carbonyl (C=O) groups is 1. The van der Waals surface area contributed by atoms with Gasteiger partial charge in [-0.25, -0.2) is 13.1 Å². The van der Waals surface area contributed by atoms with Crippen molar-refractivity contribution in [3.63, 3.8) is 0 Å². The lowest BCUT2D eigenvalue weighted by Crippen LogP contribution is -2.18. The van der Waals surface area contributed by atoms with Gasteiger partial charge < -0.3 is 9.73 Å². The predicted molar refractivity (Wildman–Crippen MR) is 86.9 cm³/mol. The Morgan fingerprint density at radius 1 is 1.04 bits per heavy atom. The van der Waals surface area contributed by atoms with Crippen LogP contribution in [0.5, 0.6) is 0 Å². The van der Waals surface area contributed by atoms with Crippen LogP contribution < -0.4 is 10.0 Å². The van der Waals surface area contributed by atoms with E-state index in [4.69, 9.17) is 4.42 Å². The van der Waals surface area contributed by atoms with Gasteiger partial charge in [-0.1, -0.05) is 18.2 Å². The summed E-state index contributed by atoms with van der Waals surface area (Å²) in [5.74, 6) is -0.205. The van der Waals surface area contributed by atoms with Crippen LogP contribution in [-0.4, -0.2) is 21.4 Å². The Hall–Kier alpha value is -2.64. The van der Waals surface area contributed by atoms with Crippen molar-refractivity contribution in [1.82, 2.24) is 4.72 Å². The lowest BCUT2D eigenvalue weighted by atomic mass is 10.2. The lowest BCUT2D eigenvalue weighted by Gasteiger charge is -2.05. The molecule has 2 N–H and O–H groups in total. The number of anilines is 1. The summed E-state index contributed by atoms with van der Waals surface area (Å²) in [6, 6.07) is 14.9. The molecule has 0 spiro atoms. The molecular formula is C16H14N2O4S. The Morgan fingerprint density at radius 2 is 1.74 bits per heavy atom. The Balaban J connectivity index is 1.80. The Morgan fingerprint density at radius 3 is 2.39 bits per heavy atom. The van der Waals surface area contributed by atoms with Crippen LogP contribution in [0.1, 0.15) is 10.6 Å². The average molecular weight is 330 g/mol. The van der Waals surface area contributed by atoms with Gasteiger partial charge in [0.2, 0.25) is 10.0 Å². The molecule has 0 atom stereocenters. The molecule has 0 aliphatic rings. The zero-order chi connectivity index (χ0) is 16.4. The van der Waals surface area contributed by atoms with Gasteiger partial charge in [-0.2, -0.15) is 0 Å². The number of carbonyl (C=O) groups excluding carboxylic acids is 1. The number of benzene rings is 2. The summed E-state index contributed by atoms with van der Waals surface area (Å²) in [6.07, 6.45) is 0. The van der Waals surface area contributed by atoms with Crippen LogP contribution in [-0.2, 0) is 10.0 Å². The van der Waals surface area contributed by atoms with E-state index >= 15 is 0 Å². The molecule has 118 valence electrons. The van der Waals surface area contributed by atoms with Gasteiger partial charge in [-0.3, -0.25) is 4.79 Å². The summed E-state index contributed by atoms with van der Waals surface area (Å²) in [5, 5.41) is 3.51. The van der Waals surface area contributed by atoms with Gasteiger partial charge in [0.15, 0.2) is 5.76 Å². The molecular weight excluding hydrogens is 316 g/mol. The third kappa shape index (κ3) is 3.10. The van der Waals surface area contributed by atoms with Gasteiger partial charge in [0.05, 0.1) is 4.90 Å². The quantitative estimate of drug-likeness (QED) is 0.769. The highest BCUT2D eigenvalue weighted by atomic mass is 32.2. The highest BCUT2D eigenvalue weighted by Gasteiger charge is 2.14. The SMILES string of the molecule is CNS(=O)(=O)c1ccc(NC(=O)c2cc3ccccc3o2)cc1. The topological polar surface area (TPSA) is 88.4 Å². The molecule has 1 heterocycles. The van der Waals surface area contributed by atoms with E-state index < -0.39 is 15.9 Å². The minimum Gasteiger partial charge on any atom is -0.451 e. The summed E-state index contributed by atoms with van der Waals surface area (Å²) in [7, 11) is -2.15. The summed E-state index contributed by atoms with van der Waals surface area (Å²) in [6.45, 7) is 0. The number of nitrogens with one attached hydrogen (secondary N) is 2. The van der Waals surface area contributed by atoms with Crippen LogP contribution in [0.2, 0.25) is 0 Å². The molecule has 1 aromatic heterocycles. The summed E-state index contributed by atoms with van der Waals surface area (Å²) >= 11 is 0. The maximum Gasteiger partial charge on any atom is 0.291 e. The molecule has 7 heteroatoms. The molecule has 2 aromatic carbocycles. The van der Waals surface area contributed by atoms with E-state index in [-0.39, 0.29) is 10.7 Å². The van der Waals surface area contributed by atoms with E-state index in [2.05, 4.69) is 10.0 Å². The lowest BCUT2D eigenvalue weighted by molar-refractivity contribution is 0.0998. The number of hydrogen-bond donors (Lipinski definition) is 2. The van der Waals surface area contributed by atoms with Gasteiger partial charge in [-0.15, -0.1) is 0 Å². The first-order chi connectivity index (χ1) is 11.0. The van der Waals surface area contributed by atoms with Crippen LogP contribution in [0.4, 0.5) is 5.69 Å². The minimum absolute atomic E-state index is 0.127. The summed E-state index contributed by atoms with van der Waals surface area (Å²) < 4.78 is 31.0. The maximum absolute atomic E-state index is 12.2. The fourth-order valence-corrected chi connectivity index (χ4v) is 2.85. The minimum atomic E-state index is -3.49. The molecule has 0 saturated heterocycles. The number of para-hydroxylation sites is 1. The van der Waals surface area contributed by atoms with Crippen molar-refractivity contribution in [2.75, 3.05) is 12.4 Å². The molecule has 0 aliphatic carbocycles. The second-order valence-corrected chi connectivity index (χ2v) is 6.72. The van der Waals surface area contributed by atoms with Crippen molar-refractivity contribution in [1.29, 1.82) is 0 Å². The number of fused-ring (bicyclic) bond motifs is 1. The van der Waals surface area contributed by atoms with Gasteiger partial charge in [-0.05, 0) is 43.4 Å². The van der Waals surface area contributed by atoms with E-state index in [0.717, 1.165) is 5.39 Å². The van der Waals surface area contributed by atoms with Crippen molar-refractivity contribution in [2.45, 2.75) is 4.90 Å². The second-order valence-electron chi connectivity index (χ2n) is 4.83. The van der Waals surface area contributed by atoms with Crippen molar-refractivity contribution in [2.24, 2.45) is 0 Å². The molecule has 0 unspecified atom stereocenters. The molecule has 0 bridgehead atoms.